The number of para-hydroxylation sites is 1. The van der Waals surface area contributed by atoms with Crippen LogP contribution in [0.2, 0.25) is 0 Å². The van der Waals surface area contributed by atoms with Gasteiger partial charge in [-0.3, -0.25) is 4.79 Å². The van der Waals surface area contributed by atoms with Gasteiger partial charge >= 0.3 is 0 Å². The maximum Gasteiger partial charge on any atom is 0.294 e. The molecule has 4 rings (SSSR count). The standard InChI is InChI=1S/C24H20N2O3/c1-3-17-8-10-18(11-9-17)16-29-26-23(19-12-14-20(28-2)15-13-19)25-22-7-5-4-6-21(22)24(26)27/h3-15H,1,16H2,2H3. The van der Waals surface area contributed by atoms with Crippen LogP contribution >= 0.6 is 0 Å². The zero-order chi connectivity index (χ0) is 20.2. The van der Waals surface area contributed by atoms with E-state index in [4.69, 9.17) is 9.57 Å². The number of rotatable bonds is 6. The fourth-order valence-electron chi connectivity index (χ4n) is 3.05. The second-order valence-electron chi connectivity index (χ2n) is 6.50. The van der Waals surface area contributed by atoms with Gasteiger partial charge in [0.2, 0.25) is 0 Å². The Labute approximate surface area is 168 Å². The normalized spacial score (nSPS) is 10.7. The molecule has 1 aromatic heterocycles. The number of fused-ring (bicyclic) bond motifs is 1. The Morgan fingerprint density at radius 3 is 2.41 bits per heavy atom. The molecule has 144 valence electrons. The van der Waals surface area contributed by atoms with Crippen LogP contribution in [0.5, 0.6) is 5.75 Å². The predicted octanol–water partition coefficient (Wildman–Crippen LogP) is 4.34. The van der Waals surface area contributed by atoms with Crippen molar-refractivity contribution in [2.45, 2.75) is 6.61 Å². The lowest BCUT2D eigenvalue weighted by Gasteiger charge is -2.15. The third-order valence-corrected chi connectivity index (χ3v) is 4.66. The van der Waals surface area contributed by atoms with Gasteiger partial charge in [-0.05, 0) is 47.5 Å². The summed E-state index contributed by atoms with van der Waals surface area (Å²) in [5.74, 6) is 1.17. The van der Waals surface area contributed by atoms with E-state index in [-0.39, 0.29) is 12.2 Å². The Bertz CT molecular complexity index is 1210. The largest absolute Gasteiger partial charge is 0.497 e. The lowest BCUT2D eigenvalue weighted by atomic mass is 10.1. The molecular formula is C24H20N2O3. The highest BCUT2D eigenvalue weighted by Gasteiger charge is 2.14. The summed E-state index contributed by atoms with van der Waals surface area (Å²) in [6, 6.07) is 22.4. The molecule has 0 aliphatic rings. The number of aromatic nitrogens is 2. The van der Waals surface area contributed by atoms with Crippen LogP contribution < -0.4 is 15.1 Å². The summed E-state index contributed by atoms with van der Waals surface area (Å²) in [4.78, 5) is 23.7. The monoisotopic (exact) mass is 384 g/mol. The molecule has 5 nitrogen and oxygen atoms in total. The second kappa shape index (κ2) is 8.02. The van der Waals surface area contributed by atoms with Crippen molar-refractivity contribution in [2.75, 3.05) is 7.11 Å². The Morgan fingerprint density at radius 2 is 1.72 bits per heavy atom. The Hall–Kier alpha value is -3.86. The SMILES string of the molecule is C=Cc1ccc(COn2c(-c3ccc(OC)cc3)nc3ccccc3c2=O)cc1. The zero-order valence-corrected chi connectivity index (χ0v) is 16.0. The van der Waals surface area contributed by atoms with Crippen molar-refractivity contribution >= 4 is 17.0 Å². The minimum absolute atomic E-state index is 0.237. The summed E-state index contributed by atoms with van der Waals surface area (Å²) >= 11 is 0. The molecule has 0 radical (unpaired) electrons. The van der Waals surface area contributed by atoms with Gasteiger partial charge in [0.15, 0.2) is 5.82 Å². The highest BCUT2D eigenvalue weighted by Crippen LogP contribution is 2.21. The molecule has 1 heterocycles. The predicted molar refractivity (Wildman–Crippen MR) is 115 cm³/mol. The third kappa shape index (κ3) is 3.75. The number of hydrogen-bond donors (Lipinski definition) is 0. The molecule has 0 unspecified atom stereocenters. The molecule has 0 atom stereocenters. The van der Waals surface area contributed by atoms with Crippen LogP contribution in [0.4, 0.5) is 0 Å². The first kappa shape index (κ1) is 18.5. The summed E-state index contributed by atoms with van der Waals surface area (Å²) in [5, 5.41) is 0.506. The first-order valence-electron chi connectivity index (χ1n) is 9.20. The highest BCUT2D eigenvalue weighted by atomic mass is 16.7. The number of methoxy groups -OCH3 is 1. The van der Waals surface area contributed by atoms with Crippen LogP contribution in [0, 0.1) is 0 Å². The van der Waals surface area contributed by atoms with E-state index in [0.29, 0.717) is 16.7 Å². The van der Waals surface area contributed by atoms with Crippen LogP contribution in [0.25, 0.3) is 28.4 Å². The van der Waals surface area contributed by atoms with E-state index in [1.165, 1.54) is 4.73 Å². The van der Waals surface area contributed by atoms with Gasteiger partial charge in [-0.1, -0.05) is 49.1 Å². The van der Waals surface area contributed by atoms with E-state index < -0.39 is 0 Å². The summed E-state index contributed by atoms with van der Waals surface area (Å²) in [6.07, 6.45) is 1.78. The van der Waals surface area contributed by atoms with Gasteiger partial charge in [0, 0.05) is 5.56 Å². The van der Waals surface area contributed by atoms with E-state index in [1.54, 1.807) is 19.3 Å². The molecule has 0 aliphatic heterocycles. The van der Waals surface area contributed by atoms with Gasteiger partial charge in [-0.25, -0.2) is 4.98 Å². The number of ether oxygens (including phenoxy) is 1. The molecule has 4 aromatic rings. The minimum Gasteiger partial charge on any atom is -0.497 e. The minimum atomic E-state index is -0.246. The number of benzene rings is 3. The summed E-state index contributed by atoms with van der Waals surface area (Å²) in [6.45, 7) is 3.99. The van der Waals surface area contributed by atoms with Gasteiger partial charge in [0.1, 0.15) is 12.4 Å². The molecule has 0 saturated carbocycles. The summed E-state index contributed by atoms with van der Waals surface area (Å²) in [7, 11) is 1.61. The van der Waals surface area contributed by atoms with Crippen molar-refractivity contribution < 1.29 is 9.57 Å². The van der Waals surface area contributed by atoms with Gasteiger partial charge in [0.05, 0.1) is 18.0 Å². The fourth-order valence-corrected chi connectivity index (χ4v) is 3.05. The van der Waals surface area contributed by atoms with Crippen molar-refractivity contribution in [2.24, 2.45) is 0 Å². The fraction of sp³-hybridized carbons (Fsp3) is 0.0833. The quantitative estimate of drug-likeness (QED) is 0.496. The molecule has 0 aliphatic carbocycles. The van der Waals surface area contributed by atoms with Crippen molar-refractivity contribution in [3.05, 3.63) is 101 Å². The first-order chi connectivity index (χ1) is 14.2. The lowest BCUT2D eigenvalue weighted by molar-refractivity contribution is 0.0920. The maximum absolute atomic E-state index is 13.1. The molecule has 3 aromatic carbocycles. The highest BCUT2D eigenvalue weighted by molar-refractivity contribution is 5.79. The zero-order valence-electron chi connectivity index (χ0n) is 16.0. The number of hydrogen-bond acceptors (Lipinski definition) is 4. The van der Waals surface area contributed by atoms with Gasteiger partial charge in [-0.2, -0.15) is 0 Å². The van der Waals surface area contributed by atoms with E-state index in [2.05, 4.69) is 11.6 Å². The molecule has 0 amide bonds. The molecule has 29 heavy (non-hydrogen) atoms. The average Bonchev–Trinajstić information content (AvgIpc) is 2.79. The Morgan fingerprint density at radius 1 is 1.00 bits per heavy atom. The van der Waals surface area contributed by atoms with E-state index >= 15 is 0 Å². The third-order valence-electron chi connectivity index (χ3n) is 4.66. The molecule has 0 spiro atoms. The maximum atomic E-state index is 13.1. The first-order valence-corrected chi connectivity index (χ1v) is 9.20. The van der Waals surface area contributed by atoms with Crippen molar-refractivity contribution in [3.8, 4) is 17.1 Å². The van der Waals surface area contributed by atoms with Gasteiger partial charge in [0.25, 0.3) is 5.56 Å². The van der Waals surface area contributed by atoms with Crippen molar-refractivity contribution in [1.82, 2.24) is 9.71 Å². The van der Waals surface area contributed by atoms with Crippen LogP contribution in [0.3, 0.4) is 0 Å². The smallest absolute Gasteiger partial charge is 0.294 e. The molecule has 0 N–H and O–H groups in total. The molecule has 0 bridgehead atoms. The summed E-state index contributed by atoms with van der Waals surface area (Å²) < 4.78 is 6.50. The van der Waals surface area contributed by atoms with Crippen LogP contribution in [-0.2, 0) is 6.61 Å². The average molecular weight is 384 g/mol. The lowest BCUT2D eigenvalue weighted by Crippen LogP contribution is -2.29. The molecule has 0 saturated heterocycles. The second-order valence-corrected chi connectivity index (χ2v) is 6.50. The van der Waals surface area contributed by atoms with E-state index in [1.807, 2.05) is 66.7 Å². The van der Waals surface area contributed by atoms with E-state index in [0.717, 1.165) is 22.4 Å². The van der Waals surface area contributed by atoms with Crippen molar-refractivity contribution in [1.29, 1.82) is 0 Å². The molecular weight excluding hydrogens is 364 g/mol. The molecule has 0 fully saturated rings. The van der Waals surface area contributed by atoms with Gasteiger partial charge in [-0.15, -0.1) is 4.73 Å². The van der Waals surface area contributed by atoms with Crippen molar-refractivity contribution in [3.63, 3.8) is 0 Å². The Balaban J connectivity index is 1.77. The Kier molecular flexibility index (Phi) is 5.12. The number of nitrogens with zero attached hydrogens (tertiary/aromatic N) is 2. The van der Waals surface area contributed by atoms with Crippen LogP contribution in [-0.4, -0.2) is 16.8 Å². The van der Waals surface area contributed by atoms with Gasteiger partial charge < -0.3 is 9.57 Å². The van der Waals surface area contributed by atoms with Crippen LogP contribution in [0.1, 0.15) is 11.1 Å². The topological polar surface area (TPSA) is 53.4 Å². The van der Waals surface area contributed by atoms with E-state index in [9.17, 15) is 4.79 Å². The molecule has 5 heteroatoms. The summed E-state index contributed by atoms with van der Waals surface area (Å²) in [5.41, 5.74) is 3.10. The van der Waals surface area contributed by atoms with Crippen LogP contribution in [0.15, 0.2) is 84.2 Å².